The van der Waals surface area contributed by atoms with Crippen LogP contribution in [0, 0.1) is 0 Å². The van der Waals surface area contributed by atoms with Crippen molar-refractivity contribution in [2.24, 2.45) is 0 Å². The van der Waals surface area contributed by atoms with E-state index in [1.807, 2.05) is 23.8 Å². The van der Waals surface area contributed by atoms with Crippen molar-refractivity contribution in [2.45, 2.75) is 19.8 Å². The van der Waals surface area contributed by atoms with Crippen LogP contribution in [0.5, 0.6) is 5.75 Å². The van der Waals surface area contributed by atoms with Gasteiger partial charge in [0, 0.05) is 28.8 Å². The Morgan fingerprint density at radius 1 is 1.46 bits per heavy atom. The second-order valence-corrected chi connectivity index (χ2v) is 7.34. The molecule has 26 heavy (non-hydrogen) atoms. The number of nitrogens with zero attached hydrogens (tertiary/aromatic N) is 2. The number of thiophene rings is 1. The molecule has 0 radical (unpaired) electrons. The maximum atomic E-state index is 12.3. The first kappa shape index (κ1) is 18.9. The van der Waals surface area contributed by atoms with Gasteiger partial charge in [0.25, 0.3) is 0 Å². The first-order valence-electron chi connectivity index (χ1n) is 7.83. The number of rotatable bonds is 7. The number of nitrogens with one attached hydrogen (secondary N) is 1. The maximum absolute atomic E-state index is 12.3. The highest BCUT2D eigenvalue weighted by Gasteiger charge is 2.15. The van der Waals surface area contributed by atoms with Gasteiger partial charge in [-0.1, -0.05) is 16.8 Å². The molecule has 0 aliphatic rings. The first-order valence-corrected chi connectivity index (χ1v) is 9.95. The number of carbonyl (C=O) groups is 1. The molecule has 0 saturated carbocycles. The number of carbonyl (C=O) groups excluding carboxylic acids is 1. The number of halogens is 2. The summed E-state index contributed by atoms with van der Waals surface area (Å²) >= 11 is 11.0. The van der Waals surface area contributed by atoms with Gasteiger partial charge in [0.05, 0.1) is 16.8 Å². The molecule has 0 atom stereocenters. The van der Waals surface area contributed by atoms with Crippen molar-refractivity contribution in [1.29, 1.82) is 0 Å². The van der Waals surface area contributed by atoms with Gasteiger partial charge in [-0.15, -0.1) is 0 Å². The number of aryl methyl sites for hydroxylation is 1. The van der Waals surface area contributed by atoms with Crippen LogP contribution in [0.4, 0.5) is 5.69 Å². The second kappa shape index (κ2) is 8.66. The highest BCUT2D eigenvalue weighted by Crippen LogP contribution is 2.36. The number of ether oxygens (including phenoxy) is 1. The van der Waals surface area contributed by atoms with Crippen LogP contribution in [0.2, 0.25) is 5.02 Å². The van der Waals surface area contributed by atoms with Crippen LogP contribution in [0.25, 0.3) is 11.4 Å². The van der Waals surface area contributed by atoms with E-state index in [0.29, 0.717) is 45.7 Å². The van der Waals surface area contributed by atoms with Crippen molar-refractivity contribution in [1.82, 2.24) is 10.1 Å². The van der Waals surface area contributed by atoms with Crippen LogP contribution in [0.15, 0.2) is 38.0 Å². The third-order valence-corrected chi connectivity index (χ3v) is 4.88. The number of aromatic nitrogens is 2. The summed E-state index contributed by atoms with van der Waals surface area (Å²) in [7, 11) is 0. The first-order chi connectivity index (χ1) is 12.6. The molecule has 3 aromatic rings. The molecule has 6 nitrogen and oxygen atoms in total. The molecule has 0 saturated heterocycles. The Balaban J connectivity index is 1.63. The highest BCUT2D eigenvalue weighted by molar-refractivity contribution is 9.10. The summed E-state index contributed by atoms with van der Waals surface area (Å²) < 4.78 is 11.5. The molecule has 0 unspecified atom stereocenters. The Bertz CT molecular complexity index is 899. The van der Waals surface area contributed by atoms with Gasteiger partial charge in [-0.2, -0.15) is 16.3 Å². The van der Waals surface area contributed by atoms with Gasteiger partial charge in [-0.3, -0.25) is 4.79 Å². The molecular formula is C17H15BrClN3O3S. The number of benzene rings is 1. The van der Waals surface area contributed by atoms with Crippen LogP contribution < -0.4 is 10.1 Å². The lowest BCUT2D eigenvalue weighted by atomic mass is 10.2. The molecule has 1 amide bonds. The van der Waals surface area contributed by atoms with E-state index in [4.69, 9.17) is 20.9 Å². The Hall–Kier alpha value is -1.90. The molecule has 0 aliphatic carbocycles. The normalized spacial score (nSPS) is 10.7. The average Bonchev–Trinajstić information content (AvgIpc) is 3.27. The van der Waals surface area contributed by atoms with Gasteiger partial charge >= 0.3 is 0 Å². The number of hydrogen-bond acceptors (Lipinski definition) is 6. The molecule has 2 heterocycles. The zero-order chi connectivity index (χ0) is 18.5. The summed E-state index contributed by atoms with van der Waals surface area (Å²) in [4.78, 5) is 16.6. The van der Waals surface area contributed by atoms with E-state index in [9.17, 15) is 4.79 Å². The van der Waals surface area contributed by atoms with Crippen molar-refractivity contribution in [3.63, 3.8) is 0 Å². The number of amides is 1. The summed E-state index contributed by atoms with van der Waals surface area (Å²) in [6.45, 7) is 2.34. The summed E-state index contributed by atoms with van der Waals surface area (Å²) in [6.07, 6.45) is 0.537. The molecule has 2 aromatic heterocycles. The van der Waals surface area contributed by atoms with E-state index in [1.54, 1.807) is 23.5 Å². The van der Waals surface area contributed by atoms with E-state index >= 15 is 0 Å². The van der Waals surface area contributed by atoms with Crippen molar-refractivity contribution in [3.05, 3.63) is 44.3 Å². The van der Waals surface area contributed by atoms with Crippen LogP contribution in [0.1, 0.15) is 19.2 Å². The molecule has 0 aliphatic heterocycles. The lowest BCUT2D eigenvalue weighted by Gasteiger charge is -2.13. The number of hydrogen-bond donors (Lipinski definition) is 1. The Morgan fingerprint density at radius 2 is 2.31 bits per heavy atom. The van der Waals surface area contributed by atoms with Gasteiger partial charge < -0.3 is 14.6 Å². The quantitative estimate of drug-likeness (QED) is 0.530. The second-order valence-electron chi connectivity index (χ2n) is 5.27. The predicted molar refractivity (Wildman–Crippen MR) is 105 cm³/mol. The minimum Gasteiger partial charge on any atom is -0.491 e. The van der Waals surface area contributed by atoms with Crippen LogP contribution in [-0.4, -0.2) is 22.7 Å². The minimum atomic E-state index is -0.199. The largest absolute Gasteiger partial charge is 0.491 e. The zero-order valence-electron chi connectivity index (χ0n) is 13.8. The average molecular weight is 457 g/mol. The van der Waals surface area contributed by atoms with Gasteiger partial charge in [0.15, 0.2) is 5.75 Å². The van der Waals surface area contributed by atoms with E-state index in [2.05, 4.69) is 31.4 Å². The summed E-state index contributed by atoms with van der Waals surface area (Å²) in [5.41, 5.74) is 1.42. The van der Waals surface area contributed by atoms with Crippen LogP contribution in [0.3, 0.4) is 0 Å². The standard InChI is InChI=1S/C17H15BrClN3O3S/c1-2-24-16-12(18)7-11(19)8-13(16)20-14(23)3-4-15-21-17(22-25-15)10-5-6-26-9-10/h5-9H,2-4H2,1H3,(H,20,23). The Morgan fingerprint density at radius 3 is 3.04 bits per heavy atom. The lowest BCUT2D eigenvalue weighted by molar-refractivity contribution is -0.116. The monoisotopic (exact) mass is 455 g/mol. The van der Waals surface area contributed by atoms with Crippen LogP contribution >= 0.6 is 38.9 Å². The third-order valence-electron chi connectivity index (χ3n) is 3.38. The number of anilines is 1. The molecule has 1 aromatic carbocycles. The summed E-state index contributed by atoms with van der Waals surface area (Å²) in [5, 5.41) is 11.1. The van der Waals surface area contributed by atoms with E-state index in [-0.39, 0.29) is 12.3 Å². The van der Waals surface area contributed by atoms with Crippen molar-refractivity contribution in [3.8, 4) is 17.1 Å². The van der Waals surface area contributed by atoms with Crippen LogP contribution in [-0.2, 0) is 11.2 Å². The summed E-state index contributed by atoms with van der Waals surface area (Å²) in [5.74, 6) is 1.29. The van der Waals surface area contributed by atoms with Gasteiger partial charge in [-0.25, -0.2) is 0 Å². The molecule has 0 bridgehead atoms. The topological polar surface area (TPSA) is 77.2 Å². The zero-order valence-corrected chi connectivity index (χ0v) is 16.9. The van der Waals surface area contributed by atoms with Crippen molar-refractivity contribution >= 4 is 50.5 Å². The smallest absolute Gasteiger partial charge is 0.227 e. The molecular weight excluding hydrogens is 442 g/mol. The van der Waals surface area contributed by atoms with Crippen molar-refractivity contribution < 1.29 is 14.1 Å². The molecule has 0 fully saturated rings. The highest BCUT2D eigenvalue weighted by atomic mass is 79.9. The summed E-state index contributed by atoms with van der Waals surface area (Å²) in [6, 6.07) is 5.28. The van der Waals surface area contributed by atoms with Gasteiger partial charge in [0.1, 0.15) is 0 Å². The van der Waals surface area contributed by atoms with E-state index < -0.39 is 0 Å². The molecule has 3 rings (SSSR count). The van der Waals surface area contributed by atoms with Crippen molar-refractivity contribution in [2.75, 3.05) is 11.9 Å². The fourth-order valence-electron chi connectivity index (χ4n) is 2.24. The SMILES string of the molecule is CCOc1c(Br)cc(Cl)cc1NC(=O)CCc1nc(-c2ccsc2)no1. The molecule has 9 heteroatoms. The Labute approximate surface area is 167 Å². The lowest BCUT2D eigenvalue weighted by Crippen LogP contribution is -2.13. The van der Waals surface area contributed by atoms with Gasteiger partial charge in [-0.05, 0) is 46.4 Å². The molecule has 0 spiro atoms. The maximum Gasteiger partial charge on any atom is 0.227 e. The van der Waals surface area contributed by atoms with E-state index in [1.165, 1.54) is 0 Å². The fourth-order valence-corrected chi connectivity index (χ4v) is 3.80. The van der Waals surface area contributed by atoms with Gasteiger partial charge in [0.2, 0.25) is 17.6 Å². The minimum absolute atomic E-state index is 0.195. The molecule has 136 valence electrons. The third kappa shape index (κ3) is 4.63. The molecule has 1 N–H and O–H groups in total. The Kier molecular flexibility index (Phi) is 6.29. The van der Waals surface area contributed by atoms with E-state index in [0.717, 1.165) is 5.56 Å². The fraction of sp³-hybridized carbons (Fsp3) is 0.235. The predicted octanol–water partition coefficient (Wildman–Crippen LogP) is 5.18.